The number of aliphatic hydroxyl groups excluding tert-OH is 1. The SMILES string of the molecule is CC[C@@]1(O)CC[C@@]2(C)[C@@H](CC[C@@H]3[C@@H]2CC[C@]2(C)[C@@H](C(C)CO)CC[C@@H]32)C1. The number of rotatable bonds is 3. The lowest BCUT2D eigenvalue weighted by atomic mass is 9.43. The fourth-order valence-electron chi connectivity index (χ4n) is 8.75. The first kappa shape index (κ1) is 19.2. The van der Waals surface area contributed by atoms with E-state index in [2.05, 4.69) is 27.7 Å². The average molecular weight is 363 g/mol. The summed E-state index contributed by atoms with van der Waals surface area (Å²) in [5.74, 6) is 4.58. The molecule has 0 heterocycles. The monoisotopic (exact) mass is 362 g/mol. The van der Waals surface area contributed by atoms with E-state index in [4.69, 9.17) is 0 Å². The van der Waals surface area contributed by atoms with Crippen molar-refractivity contribution in [3.05, 3.63) is 0 Å². The second-order valence-corrected chi connectivity index (χ2v) is 11.3. The Bertz CT molecular complexity index is 532. The zero-order valence-electron chi connectivity index (χ0n) is 17.6. The number of fused-ring (bicyclic) bond motifs is 5. The highest BCUT2D eigenvalue weighted by molar-refractivity contribution is 5.10. The van der Waals surface area contributed by atoms with Gasteiger partial charge in [0.15, 0.2) is 0 Å². The summed E-state index contributed by atoms with van der Waals surface area (Å²) in [5, 5.41) is 20.7. The molecule has 0 bridgehead atoms. The molecule has 1 unspecified atom stereocenters. The second-order valence-electron chi connectivity index (χ2n) is 11.3. The van der Waals surface area contributed by atoms with Gasteiger partial charge < -0.3 is 10.2 Å². The van der Waals surface area contributed by atoms with E-state index < -0.39 is 0 Å². The van der Waals surface area contributed by atoms with E-state index >= 15 is 0 Å². The first-order valence-electron chi connectivity index (χ1n) is 11.6. The van der Waals surface area contributed by atoms with Crippen molar-refractivity contribution < 1.29 is 10.2 Å². The molecule has 0 aliphatic heterocycles. The molecule has 2 N–H and O–H groups in total. The highest BCUT2D eigenvalue weighted by Gasteiger charge is 2.61. The molecule has 2 nitrogen and oxygen atoms in total. The van der Waals surface area contributed by atoms with Crippen LogP contribution in [0, 0.1) is 46.3 Å². The van der Waals surface area contributed by atoms with Gasteiger partial charge in [0, 0.05) is 6.61 Å². The Hall–Kier alpha value is -0.0800. The van der Waals surface area contributed by atoms with Gasteiger partial charge in [0.2, 0.25) is 0 Å². The quantitative estimate of drug-likeness (QED) is 0.704. The van der Waals surface area contributed by atoms with Gasteiger partial charge in [-0.05, 0) is 111 Å². The smallest absolute Gasteiger partial charge is 0.0648 e. The second kappa shape index (κ2) is 6.48. The average Bonchev–Trinajstić information content (AvgIpc) is 2.99. The molecule has 26 heavy (non-hydrogen) atoms. The van der Waals surface area contributed by atoms with Gasteiger partial charge in [-0.25, -0.2) is 0 Å². The molecule has 0 aromatic carbocycles. The minimum absolute atomic E-state index is 0.358. The first-order chi connectivity index (χ1) is 12.3. The molecule has 2 heteroatoms. The van der Waals surface area contributed by atoms with Crippen LogP contribution in [0.15, 0.2) is 0 Å². The fourth-order valence-corrected chi connectivity index (χ4v) is 8.75. The van der Waals surface area contributed by atoms with Crippen LogP contribution in [0.4, 0.5) is 0 Å². The molecule has 9 atom stereocenters. The van der Waals surface area contributed by atoms with Gasteiger partial charge in [0.05, 0.1) is 5.60 Å². The molecule has 0 amide bonds. The van der Waals surface area contributed by atoms with Gasteiger partial charge in [0.1, 0.15) is 0 Å². The molecule has 4 rings (SSSR count). The lowest BCUT2D eigenvalue weighted by molar-refractivity contribution is -0.153. The van der Waals surface area contributed by atoms with E-state index in [-0.39, 0.29) is 5.60 Å². The maximum Gasteiger partial charge on any atom is 0.0648 e. The van der Waals surface area contributed by atoms with Gasteiger partial charge >= 0.3 is 0 Å². The predicted molar refractivity (Wildman–Crippen MR) is 107 cm³/mol. The van der Waals surface area contributed by atoms with Crippen molar-refractivity contribution in [2.75, 3.05) is 6.61 Å². The highest BCUT2D eigenvalue weighted by atomic mass is 16.3. The lowest BCUT2D eigenvalue weighted by Crippen LogP contribution is -2.56. The van der Waals surface area contributed by atoms with E-state index in [0.717, 1.165) is 48.9 Å². The number of hydrogen-bond acceptors (Lipinski definition) is 2. The summed E-state index contributed by atoms with van der Waals surface area (Å²) in [5.41, 5.74) is 0.548. The van der Waals surface area contributed by atoms with Gasteiger partial charge in [-0.1, -0.05) is 27.7 Å². The van der Waals surface area contributed by atoms with Crippen LogP contribution in [-0.4, -0.2) is 22.4 Å². The van der Waals surface area contributed by atoms with Crippen molar-refractivity contribution in [1.29, 1.82) is 0 Å². The normalized spacial score (nSPS) is 54.9. The molecule has 4 saturated carbocycles. The predicted octanol–water partition coefficient (Wildman–Crippen LogP) is 5.41. The third-order valence-electron chi connectivity index (χ3n) is 10.5. The van der Waals surface area contributed by atoms with Crippen LogP contribution in [0.3, 0.4) is 0 Å². The number of hydrogen-bond donors (Lipinski definition) is 2. The Morgan fingerprint density at radius 2 is 1.65 bits per heavy atom. The Labute approximate surface area is 161 Å². The summed E-state index contributed by atoms with van der Waals surface area (Å²) in [6.45, 7) is 9.96. The van der Waals surface area contributed by atoms with Crippen LogP contribution >= 0.6 is 0 Å². The maximum absolute atomic E-state index is 10.9. The van der Waals surface area contributed by atoms with Crippen LogP contribution in [0.1, 0.15) is 91.9 Å². The molecule has 0 spiro atoms. The third kappa shape index (κ3) is 2.65. The lowest BCUT2D eigenvalue weighted by Gasteiger charge is -2.62. The van der Waals surface area contributed by atoms with E-state index in [1.165, 1.54) is 44.9 Å². The summed E-state index contributed by atoms with van der Waals surface area (Å²) >= 11 is 0. The Morgan fingerprint density at radius 3 is 2.35 bits per heavy atom. The van der Waals surface area contributed by atoms with Crippen molar-refractivity contribution in [1.82, 2.24) is 0 Å². The third-order valence-corrected chi connectivity index (χ3v) is 10.5. The summed E-state index contributed by atoms with van der Waals surface area (Å²) in [6, 6.07) is 0. The molecule has 4 fully saturated rings. The standard InChI is InChI=1S/C24H42O2/c1-5-24(26)13-12-22(3)17(14-24)6-7-18-20-9-8-19(16(2)15-25)23(20,4)11-10-21(18)22/h16-21,25-26H,5-15H2,1-4H3/t16?,17-,18-,19+,20-,21-,22-,23+,24+/m0/s1. The van der Waals surface area contributed by atoms with Crippen molar-refractivity contribution in [2.45, 2.75) is 97.5 Å². The first-order valence-corrected chi connectivity index (χ1v) is 11.6. The molecular formula is C24H42O2. The summed E-state index contributed by atoms with van der Waals surface area (Å²) in [6.07, 6.45) is 12.5. The van der Waals surface area contributed by atoms with E-state index in [1.807, 2.05) is 0 Å². The topological polar surface area (TPSA) is 40.5 Å². The van der Waals surface area contributed by atoms with Crippen LogP contribution < -0.4 is 0 Å². The van der Waals surface area contributed by atoms with Crippen molar-refractivity contribution in [3.63, 3.8) is 0 Å². The highest BCUT2D eigenvalue weighted by Crippen LogP contribution is 2.68. The summed E-state index contributed by atoms with van der Waals surface area (Å²) in [7, 11) is 0. The zero-order chi connectivity index (χ0) is 18.7. The van der Waals surface area contributed by atoms with Gasteiger partial charge in [0.25, 0.3) is 0 Å². The Balaban J connectivity index is 1.57. The zero-order valence-corrected chi connectivity index (χ0v) is 17.6. The van der Waals surface area contributed by atoms with Crippen LogP contribution in [-0.2, 0) is 0 Å². The van der Waals surface area contributed by atoms with E-state index in [0.29, 0.717) is 23.4 Å². The van der Waals surface area contributed by atoms with Gasteiger partial charge in [-0.3, -0.25) is 0 Å². The minimum atomic E-state index is -0.380. The van der Waals surface area contributed by atoms with Crippen molar-refractivity contribution in [2.24, 2.45) is 46.3 Å². The molecule has 150 valence electrons. The molecular weight excluding hydrogens is 320 g/mol. The van der Waals surface area contributed by atoms with Crippen LogP contribution in [0.2, 0.25) is 0 Å². The fraction of sp³-hybridized carbons (Fsp3) is 1.00. The Kier molecular flexibility index (Phi) is 4.79. The van der Waals surface area contributed by atoms with Crippen LogP contribution in [0.25, 0.3) is 0 Å². The summed E-state index contributed by atoms with van der Waals surface area (Å²) in [4.78, 5) is 0. The minimum Gasteiger partial charge on any atom is -0.396 e. The van der Waals surface area contributed by atoms with Crippen molar-refractivity contribution >= 4 is 0 Å². The molecule has 0 aromatic rings. The Morgan fingerprint density at radius 1 is 0.923 bits per heavy atom. The molecule has 0 saturated heterocycles. The van der Waals surface area contributed by atoms with E-state index in [9.17, 15) is 10.2 Å². The summed E-state index contributed by atoms with van der Waals surface area (Å²) < 4.78 is 0. The molecule has 4 aliphatic rings. The molecule has 0 aromatic heterocycles. The molecule has 0 radical (unpaired) electrons. The van der Waals surface area contributed by atoms with Crippen molar-refractivity contribution in [3.8, 4) is 0 Å². The largest absolute Gasteiger partial charge is 0.396 e. The van der Waals surface area contributed by atoms with Gasteiger partial charge in [-0.15, -0.1) is 0 Å². The van der Waals surface area contributed by atoms with E-state index in [1.54, 1.807) is 0 Å². The van der Waals surface area contributed by atoms with Crippen LogP contribution in [0.5, 0.6) is 0 Å². The van der Waals surface area contributed by atoms with Gasteiger partial charge in [-0.2, -0.15) is 0 Å². The maximum atomic E-state index is 10.9. The molecule has 4 aliphatic carbocycles. The number of aliphatic hydroxyl groups is 2.